The first-order valence-corrected chi connectivity index (χ1v) is 6.43. The smallest absolute Gasteiger partial charge is 0.220 e. The minimum absolute atomic E-state index is 0.179. The number of hydrogen-bond acceptors (Lipinski definition) is 2. The molecule has 0 aromatic heterocycles. The van der Waals surface area contributed by atoms with Crippen LogP contribution in [0.25, 0.3) is 0 Å². The molecular formula is C13H28N2O. The second-order valence-electron chi connectivity index (χ2n) is 5.24. The third-order valence-corrected chi connectivity index (χ3v) is 2.89. The molecule has 2 N–H and O–H groups in total. The molecule has 0 spiro atoms. The van der Waals surface area contributed by atoms with E-state index in [-0.39, 0.29) is 5.91 Å². The first-order valence-electron chi connectivity index (χ1n) is 6.43. The van der Waals surface area contributed by atoms with Gasteiger partial charge in [-0.05, 0) is 24.8 Å². The van der Waals surface area contributed by atoms with Crippen molar-refractivity contribution in [3.8, 4) is 0 Å². The van der Waals surface area contributed by atoms with E-state index in [0.29, 0.717) is 24.3 Å². The molecule has 96 valence electrons. The first-order chi connectivity index (χ1) is 7.43. The third kappa shape index (κ3) is 8.72. The van der Waals surface area contributed by atoms with Gasteiger partial charge in [0.15, 0.2) is 0 Å². The summed E-state index contributed by atoms with van der Waals surface area (Å²) >= 11 is 0. The average Bonchev–Trinajstić information content (AvgIpc) is 2.20. The summed E-state index contributed by atoms with van der Waals surface area (Å²) in [5.41, 5.74) is 0. The summed E-state index contributed by atoms with van der Waals surface area (Å²) in [5.74, 6) is 1.36. The van der Waals surface area contributed by atoms with Crippen molar-refractivity contribution in [1.29, 1.82) is 0 Å². The van der Waals surface area contributed by atoms with Gasteiger partial charge in [-0.1, -0.05) is 34.6 Å². The Morgan fingerprint density at radius 2 is 1.75 bits per heavy atom. The minimum atomic E-state index is 0.179. The van der Waals surface area contributed by atoms with Gasteiger partial charge in [-0.2, -0.15) is 0 Å². The van der Waals surface area contributed by atoms with E-state index in [9.17, 15) is 4.79 Å². The van der Waals surface area contributed by atoms with E-state index in [0.717, 1.165) is 19.5 Å². The van der Waals surface area contributed by atoms with Gasteiger partial charge < -0.3 is 10.6 Å². The summed E-state index contributed by atoms with van der Waals surface area (Å²) in [6.07, 6.45) is 1.55. The van der Waals surface area contributed by atoms with Crippen LogP contribution >= 0.6 is 0 Å². The Kier molecular flexibility index (Phi) is 8.26. The largest absolute Gasteiger partial charge is 0.356 e. The molecule has 0 aromatic carbocycles. The van der Waals surface area contributed by atoms with Crippen LogP contribution in [0.5, 0.6) is 0 Å². The molecule has 1 unspecified atom stereocenters. The molecule has 0 aliphatic rings. The Morgan fingerprint density at radius 1 is 1.12 bits per heavy atom. The zero-order valence-corrected chi connectivity index (χ0v) is 11.5. The highest BCUT2D eigenvalue weighted by molar-refractivity contribution is 5.75. The van der Waals surface area contributed by atoms with Crippen LogP contribution in [0.1, 0.15) is 47.5 Å². The van der Waals surface area contributed by atoms with Crippen LogP contribution in [-0.2, 0) is 4.79 Å². The number of nitrogens with one attached hydrogen (secondary N) is 2. The number of carbonyl (C=O) groups is 1. The normalized spacial score (nSPS) is 13.2. The van der Waals surface area contributed by atoms with Gasteiger partial charge in [-0.15, -0.1) is 0 Å². The molecule has 0 saturated heterocycles. The maximum absolute atomic E-state index is 11.5. The standard InChI is InChI=1S/C13H28N2O/c1-10(2)12(5)9-15-13(16)7-6-8-14-11(3)4/h10-12,14H,6-9H2,1-5H3,(H,15,16). The van der Waals surface area contributed by atoms with Crippen LogP contribution in [0.3, 0.4) is 0 Å². The molecule has 0 bridgehead atoms. The predicted octanol–water partition coefficient (Wildman–Crippen LogP) is 2.17. The molecule has 0 radical (unpaired) electrons. The van der Waals surface area contributed by atoms with E-state index in [1.54, 1.807) is 0 Å². The molecule has 0 aromatic rings. The molecule has 3 heteroatoms. The lowest BCUT2D eigenvalue weighted by Gasteiger charge is -2.16. The minimum Gasteiger partial charge on any atom is -0.356 e. The maximum atomic E-state index is 11.5. The first kappa shape index (κ1) is 15.4. The van der Waals surface area contributed by atoms with Gasteiger partial charge in [-0.25, -0.2) is 0 Å². The van der Waals surface area contributed by atoms with Gasteiger partial charge in [0.05, 0.1) is 0 Å². The van der Waals surface area contributed by atoms with Gasteiger partial charge in [-0.3, -0.25) is 4.79 Å². The summed E-state index contributed by atoms with van der Waals surface area (Å²) < 4.78 is 0. The van der Waals surface area contributed by atoms with Crippen molar-refractivity contribution >= 4 is 5.91 Å². The van der Waals surface area contributed by atoms with Crippen molar-refractivity contribution in [1.82, 2.24) is 10.6 Å². The molecule has 3 nitrogen and oxygen atoms in total. The summed E-state index contributed by atoms with van der Waals surface area (Å²) in [7, 11) is 0. The van der Waals surface area contributed by atoms with Crippen molar-refractivity contribution in [2.75, 3.05) is 13.1 Å². The molecule has 1 amide bonds. The maximum Gasteiger partial charge on any atom is 0.220 e. The van der Waals surface area contributed by atoms with Gasteiger partial charge in [0.2, 0.25) is 5.91 Å². The van der Waals surface area contributed by atoms with Crippen LogP contribution in [0.15, 0.2) is 0 Å². The van der Waals surface area contributed by atoms with Crippen LogP contribution in [-0.4, -0.2) is 25.0 Å². The van der Waals surface area contributed by atoms with E-state index in [1.807, 2.05) is 0 Å². The van der Waals surface area contributed by atoms with Crippen molar-refractivity contribution in [3.63, 3.8) is 0 Å². The fraction of sp³-hybridized carbons (Fsp3) is 0.923. The molecule has 0 saturated carbocycles. The molecule has 0 aliphatic heterocycles. The van der Waals surface area contributed by atoms with Crippen molar-refractivity contribution in [2.45, 2.75) is 53.5 Å². The van der Waals surface area contributed by atoms with E-state index in [1.165, 1.54) is 0 Å². The highest BCUT2D eigenvalue weighted by Gasteiger charge is 2.08. The molecule has 0 heterocycles. The Bertz CT molecular complexity index is 190. The van der Waals surface area contributed by atoms with Crippen molar-refractivity contribution < 1.29 is 4.79 Å². The number of amides is 1. The van der Waals surface area contributed by atoms with Gasteiger partial charge >= 0.3 is 0 Å². The van der Waals surface area contributed by atoms with Crippen LogP contribution in [0, 0.1) is 11.8 Å². The Balaban J connectivity index is 3.45. The van der Waals surface area contributed by atoms with E-state index >= 15 is 0 Å². The van der Waals surface area contributed by atoms with Crippen LogP contribution in [0.2, 0.25) is 0 Å². The molecule has 0 rings (SSSR count). The molecular weight excluding hydrogens is 200 g/mol. The SMILES string of the molecule is CC(C)NCCCC(=O)NCC(C)C(C)C. The highest BCUT2D eigenvalue weighted by Crippen LogP contribution is 2.07. The molecule has 0 aliphatic carbocycles. The Morgan fingerprint density at radius 3 is 2.25 bits per heavy atom. The second kappa shape index (κ2) is 8.57. The number of carbonyl (C=O) groups excluding carboxylic acids is 1. The summed E-state index contributed by atoms with van der Waals surface area (Å²) in [4.78, 5) is 11.5. The van der Waals surface area contributed by atoms with Gasteiger partial charge in [0.25, 0.3) is 0 Å². The quantitative estimate of drug-likeness (QED) is 0.625. The summed E-state index contributed by atoms with van der Waals surface area (Å²) in [6.45, 7) is 12.5. The fourth-order valence-electron chi connectivity index (χ4n) is 1.24. The van der Waals surface area contributed by atoms with Gasteiger partial charge in [0, 0.05) is 19.0 Å². The second-order valence-corrected chi connectivity index (χ2v) is 5.24. The monoisotopic (exact) mass is 228 g/mol. The average molecular weight is 228 g/mol. The number of rotatable bonds is 8. The summed E-state index contributed by atoms with van der Waals surface area (Å²) in [5, 5.41) is 6.29. The lowest BCUT2D eigenvalue weighted by molar-refractivity contribution is -0.121. The lowest BCUT2D eigenvalue weighted by atomic mass is 9.98. The molecule has 16 heavy (non-hydrogen) atoms. The third-order valence-electron chi connectivity index (χ3n) is 2.89. The number of hydrogen-bond donors (Lipinski definition) is 2. The topological polar surface area (TPSA) is 41.1 Å². The zero-order valence-electron chi connectivity index (χ0n) is 11.5. The summed E-state index contributed by atoms with van der Waals surface area (Å²) in [6, 6.07) is 0.504. The van der Waals surface area contributed by atoms with E-state index < -0.39 is 0 Å². The Labute approximate surface area is 100 Å². The van der Waals surface area contributed by atoms with Crippen LogP contribution in [0.4, 0.5) is 0 Å². The van der Waals surface area contributed by atoms with Crippen LogP contribution < -0.4 is 10.6 Å². The highest BCUT2D eigenvalue weighted by atomic mass is 16.1. The van der Waals surface area contributed by atoms with Gasteiger partial charge in [0.1, 0.15) is 0 Å². The fourth-order valence-corrected chi connectivity index (χ4v) is 1.24. The van der Waals surface area contributed by atoms with E-state index in [2.05, 4.69) is 45.3 Å². The van der Waals surface area contributed by atoms with Crippen molar-refractivity contribution in [3.05, 3.63) is 0 Å². The zero-order chi connectivity index (χ0) is 12.6. The lowest BCUT2D eigenvalue weighted by Crippen LogP contribution is -2.31. The molecule has 0 fully saturated rings. The predicted molar refractivity (Wildman–Crippen MR) is 69.4 cm³/mol. The Hall–Kier alpha value is -0.570. The van der Waals surface area contributed by atoms with E-state index in [4.69, 9.17) is 0 Å². The van der Waals surface area contributed by atoms with Crippen molar-refractivity contribution in [2.24, 2.45) is 11.8 Å². The molecule has 1 atom stereocenters.